The van der Waals surface area contributed by atoms with E-state index in [9.17, 15) is 9.59 Å². The molecule has 0 aromatic carbocycles. The molecule has 0 aliphatic heterocycles. The Bertz CT molecular complexity index is 271. The Morgan fingerprint density at radius 2 is 2.00 bits per heavy atom. The minimum absolute atomic E-state index is 0.0124. The number of nitrogens with one attached hydrogen (secondary N) is 2. The molecule has 3 atom stereocenters. The minimum Gasteiger partial charge on any atom is -0.359 e. The molecule has 1 aliphatic rings. The van der Waals surface area contributed by atoms with Crippen molar-refractivity contribution in [3.05, 3.63) is 0 Å². The third kappa shape index (κ3) is 4.73. The zero-order valence-corrected chi connectivity index (χ0v) is 10.7. The third-order valence-electron chi connectivity index (χ3n) is 3.28. The Labute approximate surface area is 103 Å². The van der Waals surface area contributed by atoms with Crippen LogP contribution in [0.2, 0.25) is 0 Å². The molecule has 0 aromatic rings. The lowest BCUT2D eigenvalue weighted by atomic mass is 9.79. The van der Waals surface area contributed by atoms with Gasteiger partial charge in [0.2, 0.25) is 11.8 Å². The van der Waals surface area contributed by atoms with Gasteiger partial charge in [0.05, 0.1) is 0 Å². The lowest BCUT2D eigenvalue weighted by molar-refractivity contribution is -0.126. The number of rotatable bonds is 4. The standard InChI is InChI=1S/C12H23N3O2/c1-8-5-9(7-10(13)6-8)12(17)15-4-3-11(16)14-2/h8-10H,3-7,13H2,1-2H3,(H,14,16)(H,15,17). The quantitative estimate of drug-likeness (QED) is 0.648. The topological polar surface area (TPSA) is 84.2 Å². The summed E-state index contributed by atoms with van der Waals surface area (Å²) in [6.07, 6.45) is 2.99. The van der Waals surface area contributed by atoms with Crippen molar-refractivity contribution in [2.75, 3.05) is 13.6 Å². The number of hydrogen-bond donors (Lipinski definition) is 3. The largest absolute Gasteiger partial charge is 0.359 e. The van der Waals surface area contributed by atoms with Crippen LogP contribution in [0.3, 0.4) is 0 Å². The number of hydrogen-bond acceptors (Lipinski definition) is 3. The van der Waals surface area contributed by atoms with Gasteiger partial charge in [-0.05, 0) is 25.2 Å². The van der Waals surface area contributed by atoms with Gasteiger partial charge < -0.3 is 16.4 Å². The molecule has 17 heavy (non-hydrogen) atoms. The first kappa shape index (κ1) is 14.0. The maximum atomic E-state index is 11.9. The van der Waals surface area contributed by atoms with Crippen LogP contribution < -0.4 is 16.4 Å². The summed E-state index contributed by atoms with van der Waals surface area (Å²) >= 11 is 0. The van der Waals surface area contributed by atoms with E-state index in [1.807, 2.05) is 0 Å². The van der Waals surface area contributed by atoms with Crippen molar-refractivity contribution in [2.24, 2.45) is 17.6 Å². The fraction of sp³-hybridized carbons (Fsp3) is 0.833. The fourth-order valence-corrected chi connectivity index (χ4v) is 2.44. The summed E-state index contributed by atoms with van der Waals surface area (Å²) in [4.78, 5) is 22.9. The highest BCUT2D eigenvalue weighted by Crippen LogP contribution is 2.27. The fourth-order valence-electron chi connectivity index (χ4n) is 2.44. The van der Waals surface area contributed by atoms with Crippen LogP contribution in [0.5, 0.6) is 0 Å². The SMILES string of the molecule is CNC(=O)CCNC(=O)C1CC(C)CC(N)C1. The minimum atomic E-state index is -0.0565. The van der Waals surface area contributed by atoms with E-state index in [1.165, 1.54) is 0 Å². The van der Waals surface area contributed by atoms with Crippen LogP contribution in [0, 0.1) is 11.8 Å². The zero-order valence-electron chi connectivity index (χ0n) is 10.7. The van der Waals surface area contributed by atoms with Crippen LogP contribution >= 0.6 is 0 Å². The Balaban J connectivity index is 2.29. The first-order chi connectivity index (χ1) is 8.02. The highest BCUT2D eigenvalue weighted by Gasteiger charge is 2.28. The van der Waals surface area contributed by atoms with Crippen molar-refractivity contribution in [1.82, 2.24) is 10.6 Å². The van der Waals surface area contributed by atoms with E-state index in [4.69, 9.17) is 5.73 Å². The molecule has 1 aliphatic carbocycles. The monoisotopic (exact) mass is 241 g/mol. The van der Waals surface area contributed by atoms with Gasteiger partial charge in [-0.25, -0.2) is 0 Å². The second kappa shape index (κ2) is 6.59. The molecule has 1 fully saturated rings. The van der Waals surface area contributed by atoms with Crippen LogP contribution in [0.1, 0.15) is 32.6 Å². The summed E-state index contributed by atoms with van der Waals surface area (Å²) in [5, 5.41) is 5.33. The lowest BCUT2D eigenvalue weighted by Crippen LogP contribution is -2.41. The number of carbonyl (C=O) groups is 2. The van der Waals surface area contributed by atoms with Gasteiger partial charge >= 0.3 is 0 Å². The van der Waals surface area contributed by atoms with Crippen LogP contribution in [0.4, 0.5) is 0 Å². The average molecular weight is 241 g/mol. The molecule has 98 valence electrons. The van der Waals surface area contributed by atoms with Gasteiger partial charge in [0.25, 0.3) is 0 Å². The van der Waals surface area contributed by atoms with Gasteiger partial charge in [-0.3, -0.25) is 9.59 Å². The number of amides is 2. The molecular weight excluding hydrogens is 218 g/mol. The molecule has 0 radical (unpaired) electrons. The van der Waals surface area contributed by atoms with E-state index in [1.54, 1.807) is 7.05 Å². The van der Waals surface area contributed by atoms with Crippen LogP contribution in [0.15, 0.2) is 0 Å². The normalized spacial score (nSPS) is 28.5. The molecule has 0 saturated heterocycles. The van der Waals surface area contributed by atoms with E-state index < -0.39 is 0 Å². The maximum Gasteiger partial charge on any atom is 0.223 e. The van der Waals surface area contributed by atoms with E-state index in [-0.39, 0.29) is 23.8 Å². The van der Waals surface area contributed by atoms with E-state index in [2.05, 4.69) is 17.6 Å². The maximum absolute atomic E-state index is 11.9. The molecule has 1 saturated carbocycles. The van der Waals surface area contributed by atoms with Crippen molar-refractivity contribution in [3.63, 3.8) is 0 Å². The molecular formula is C12H23N3O2. The van der Waals surface area contributed by atoms with Crippen molar-refractivity contribution in [3.8, 4) is 0 Å². The summed E-state index contributed by atoms with van der Waals surface area (Å²) < 4.78 is 0. The molecule has 0 bridgehead atoms. The predicted molar refractivity (Wildman–Crippen MR) is 66.2 cm³/mol. The molecule has 0 heterocycles. The molecule has 0 spiro atoms. The lowest BCUT2D eigenvalue weighted by Gasteiger charge is -2.30. The Kier molecular flexibility index (Phi) is 5.41. The Morgan fingerprint density at radius 3 is 2.59 bits per heavy atom. The third-order valence-corrected chi connectivity index (χ3v) is 3.28. The summed E-state index contributed by atoms with van der Waals surface area (Å²) in [6.45, 7) is 2.53. The predicted octanol–water partition coefficient (Wildman–Crippen LogP) is 0.00220. The molecule has 3 unspecified atom stereocenters. The van der Waals surface area contributed by atoms with Crippen LogP contribution in [-0.2, 0) is 9.59 Å². The molecule has 1 rings (SSSR count). The summed E-state index contributed by atoms with van der Waals surface area (Å²) in [5.41, 5.74) is 5.91. The van der Waals surface area contributed by atoms with Crippen molar-refractivity contribution < 1.29 is 9.59 Å². The number of nitrogens with two attached hydrogens (primary N) is 1. The molecule has 2 amide bonds. The zero-order chi connectivity index (χ0) is 12.8. The second-order valence-corrected chi connectivity index (χ2v) is 4.98. The summed E-state index contributed by atoms with van der Waals surface area (Å²) in [7, 11) is 1.59. The highest BCUT2D eigenvalue weighted by molar-refractivity contribution is 5.80. The first-order valence-corrected chi connectivity index (χ1v) is 6.26. The van der Waals surface area contributed by atoms with E-state index in [0.29, 0.717) is 18.9 Å². The van der Waals surface area contributed by atoms with Gasteiger partial charge in [-0.2, -0.15) is 0 Å². The van der Waals surface area contributed by atoms with Crippen molar-refractivity contribution >= 4 is 11.8 Å². The molecule has 5 nitrogen and oxygen atoms in total. The smallest absolute Gasteiger partial charge is 0.223 e. The van der Waals surface area contributed by atoms with Crippen LogP contribution in [0.25, 0.3) is 0 Å². The Morgan fingerprint density at radius 1 is 1.29 bits per heavy atom. The van der Waals surface area contributed by atoms with Gasteiger partial charge in [0.1, 0.15) is 0 Å². The van der Waals surface area contributed by atoms with Gasteiger partial charge in [0.15, 0.2) is 0 Å². The first-order valence-electron chi connectivity index (χ1n) is 6.26. The van der Waals surface area contributed by atoms with Gasteiger partial charge in [0, 0.05) is 32.0 Å². The van der Waals surface area contributed by atoms with Crippen LogP contribution in [-0.4, -0.2) is 31.4 Å². The van der Waals surface area contributed by atoms with Crippen molar-refractivity contribution in [2.45, 2.75) is 38.6 Å². The van der Waals surface area contributed by atoms with E-state index >= 15 is 0 Å². The van der Waals surface area contributed by atoms with Crippen molar-refractivity contribution in [1.29, 1.82) is 0 Å². The highest BCUT2D eigenvalue weighted by atomic mass is 16.2. The average Bonchev–Trinajstić information content (AvgIpc) is 2.27. The molecule has 5 heteroatoms. The number of carbonyl (C=O) groups excluding carboxylic acids is 2. The van der Waals surface area contributed by atoms with Gasteiger partial charge in [-0.15, -0.1) is 0 Å². The van der Waals surface area contributed by atoms with Gasteiger partial charge in [-0.1, -0.05) is 6.92 Å². The Hall–Kier alpha value is -1.10. The van der Waals surface area contributed by atoms with E-state index in [0.717, 1.165) is 19.3 Å². The molecule has 0 aromatic heterocycles. The second-order valence-electron chi connectivity index (χ2n) is 4.98. The summed E-state index contributed by atoms with van der Waals surface area (Å²) in [6, 6.07) is 0.133. The molecule has 4 N–H and O–H groups in total. The summed E-state index contributed by atoms with van der Waals surface area (Å²) in [5.74, 6) is 0.502.